The topological polar surface area (TPSA) is 68.3 Å². The Labute approximate surface area is 203 Å². The first kappa shape index (κ1) is 23.4. The summed E-state index contributed by atoms with van der Waals surface area (Å²) in [6.07, 6.45) is 0.253. The summed E-state index contributed by atoms with van der Waals surface area (Å²) >= 11 is 1.42. The van der Waals surface area contributed by atoms with Crippen LogP contribution in [-0.4, -0.2) is 23.8 Å². The van der Waals surface area contributed by atoms with Gasteiger partial charge in [0.05, 0.1) is 17.7 Å². The molecule has 0 radical (unpaired) electrons. The third-order valence-corrected chi connectivity index (χ3v) is 6.57. The third-order valence-electron chi connectivity index (χ3n) is 5.55. The van der Waals surface area contributed by atoms with E-state index in [2.05, 4.69) is 5.32 Å². The lowest BCUT2D eigenvalue weighted by molar-refractivity contribution is -0.116. The van der Waals surface area contributed by atoms with Crippen LogP contribution in [0, 0.1) is 13.8 Å². The normalized spacial score (nSPS) is 10.7. The van der Waals surface area contributed by atoms with E-state index in [1.165, 1.54) is 11.3 Å². The standard InChI is InChI=1S/C28H26N2O3S/c1-18-9-10-19(2)23(17-18)24(31)15-16-25(32)29-28-30-26(20-7-5-4-6-8-20)27(34-28)21-11-13-22(33-3)14-12-21/h4-14,17H,15-16H2,1-3H3,(H,29,30,32). The van der Waals surface area contributed by atoms with Crippen LogP contribution in [0.25, 0.3) is 21.7 Å². The highest BCUT2D eigenvalue weighted by Crippen LogP contribution is 2.39. The summed E-state index contributed by atoms with van der Waals surface area (Å²) in [6, 6.07) is 23.4. The Hall–Kier alpha value is -3.77. The molecule has 0 unspecified atom stereocenters. The van der Waals surface area contributed by atoms with E-state index >= 15 is 0 Å². The molecule has 0 saturated carbocycles. The lowest BCUT2D eigenvalue weighted by atomic mass is 9.99. The number of ketones is 1. The van der Waals surface area contributed by atoms with Gasteiger partial charge < -0.3 is 10.1 Å². The van der Waals surface area contributed by atoms with Gasteiger partial charge in [-0.3, -0.25) is 9.59 Å². The number of thiazole rings is 1. The summed E-state index contributed by atoms with van der Waals surface area (Å²) in [6.45, 7) is 3.87. The van der Waals surface area contributed by atoms with E-state index in [0.29, 0.717) is 10.7 Å². The second-order valence-electron chi connectivity index (χ2n) is 8.08. The van der Waals surface area contributed by atoms with Crippen LogP contribution in [0.2, 0.25) is 0 Å². The maximum Gasteiger partial charge on any atom is 0.226 e. The molecule has 1 amide bonds. The monoisotopic (exact) mass is 470 g/mol. The van der Waals surface area contributed by atoms with Gasteiger partial charge in [-0.25, -0.2) is 4.98 Å². The summed E-state index contributed by atoms with van der Waals surface area (Å²) in [4.78, 5) is 31.0. The highest BCUT2D eigenvalue weighted by molar-refractivity contribution is 7.19. The molecule has 0 aliphatic rings. The molecule has 1 heterocycles. The van der Waals surface area contributed by atoms with Crippen molar-refractivity contribution < 1.29 is 14.3 Å². The molecule has 1 aromatic heterocycles. The van der Waals surface area contributed by atoms with Crippen molar-refractivity contribution in [2.45, 2.75) is 26.7 Å². The fourth-order valence-electron chi connectivity index (χ4n) is 3.68. The van der Waals surface area contributed by atoms with Crippen molar-refractivity contribution in [1.29, 1.82) is 0 Å². The number of nitrogens with zero attached hydrogens (tertiary/aromatic N) is 1. The Kier molecular flexibility index (Phi) is 7.18. The molecule has 34 heavy (non-hydrogen) atoms. The van der Waals surface area contributed by atoms with Gasteiger partial charge in [0.2, 0.25) is 5.91 Å². The Bertz CT molecular complexity index is 1310. The Morgan fingerprint density at radius 3 is 2.35 bits per heavy atom. The van der Waals surface area contributed by atoms with Crippen molar-refractivity contribution in [1.82, 2.24) is 4.98 Å². The van der Waals surface area contributed by atoms with Gasteiger partial charge in [0.15, 0.2) is 10.9 Å². The molecule has 0 bridgehead atoms. The lowest BCUT2D eigenvalue weighted by Gasteiger charge is -2.06. The number of hydrogen-bond donors (Lipinski definition) is 1. The van der Waals surface area contributed by atoms with E-state index in [9.17, 15) is 9.59 Å². The average Bonchev–Trinajstić information content (AvgIpc) is 3.28. The van der Waals surface area contributed by atoms with Gasteiger partial charge in [0.25, 0.3) is 0 Å². The molecule has 0 spiro atoms. The van der Waals surface area contributed by atoms with Gasteiger partial charge in [-0.15, -0.1) is 0 Å². The molecule has 0 aliphatic carbocycles. The predicted molar refractivity (Wildman–Crippen MR) is 138 cm³/mol. The van der Waals surface area contributed by atoms with E-state index in [-0.39, 0.29) is 24.5 Å². The number of rotatable bonds is 8. The highest BCUT2D eigenvalue weighted by atomic mass is 32.1. The van der Waals surface area contributed by atoms with E-state index in [1.807, 2.05) is 86.6 Å². The number of aryl methyl sites for hydroxylation is 2. The van der Waals surface area contributed by atoms with E-state index < -0.39 is 0 Å². The zero-order chi connectivity index (χ0) is 24.1. The van der Waals surface area contributed by atoms with Gasteiger partial charge >= 0.3 is 0 Å². The summed E-state index contributed by atoms with van der Waals surface area (Å²) < 4.78 is 5.27. The first-order valence-electron chi connectivity index (χ1n) is 11.1. The van der Waals surface area contributed by atoms with Crippen LogP contribution in [0.15, 0.2) is 72.8 Å². The number of amides is 1. The van der Waals surface area contributed by atoms with Crippen molar-refractivity contribution in [3.8, 4) is 27.4 Å². The number of methoxy groups -OCH3 is 1. The lowest BCUT2D eigenvalue weighted by Crippen LogP contribution is -2.13. The zero-order valence-electron chi connectivity index (χ0n) is 19.4. The number of ether oxygens (including phenoxy) is 1. The molecule has 3 aromatic carbocycles. The van der Waals surface area contributed by atoms with Crippen molar-refractivity contribution in [3.63, 3.8) is 0 Å². The van der Waals surface area contributed by atoms with Gasteiger partial charge in [-0.2, -0.15) is 0 Å². The smallest absolute Gasteiger partial charge is 0.226 e. The first-order chi connectivity index (χ1) is 16.4. The maximum atomic E-state index is 12.7. The molecule has 1 N–H and O–H groups in total. The molecule has 6 heteroatoms. The molecule has 172 valence electrons. The number of carbonyl (C=O) groups excluding carboxylic acids is 2. The second-order valence-corrected chi connectivity index (χ2v) is 9.08. The molecule has 0 aliphatic heterocycles. The fraction of sp³-hybridized carbons (Fsp3) is 0.179. The van der Waals surface area contributed by atoms with Crippen LogP contribution < -0.4 is 10.1 Å². The summed E-state index contributed by atoms with van der Waals surface area (Å²) in [5.74, 6) is 0.518. The molecular weight excluding hydrogens is 444 g/mol. The van der Waals surface area contributed by atoms with Gasteiger partial charge in [-0.05, 0) is 55.3 Å². The van der Waals surface area contributed by atoms with Crippen LogP contribution in [0.4, 0.5) is 5.13 Å². The van der Waals surface area contributed by atoms with Crippen LogP contribution in [0.1, 0.15) is 34.3 Å². The summed E-state index contributed by atoms with van der Waals surface area (Å²) in [7, 11) is 1.63. The molecule has 0 atom stereocenters. The van der Waals surface area contributed by atoms with Gasteiger partial charge in [0, 0.05) is 24.0 Å². The predicted octanol–water partition coefficient (Wildman–Crippen LogP) is 6.70. The minimum atomic E-state index is -0.228. The summed E-state index contributed by atoms with van der Waals surface area (Å²) in [5.41, 5.74) is 5.39. The molecule has 0 saturated heterocycles. The van der Waals surface area contributed by atoms with Crippen LogP contribution in [0.5, 0.6) is 5.75 Å². The van der Waals surface area contributed by atoms with Crippen molar-refractivity contribution in [2.24, 2.45) is 0 Å². The van der Waals surface area contributed by atoms with Crippen molar-refractivity contribution in [2.75, 3.05) is 12.4 Å². The van der Waals surface area contributed by atoms with Crippen LogP contribution >= 0.6 is 11.3 Å². The zero-order valence-corrected chi connectivity index (χ0v) is 20.2. The Morgan fingerprint density at radius 2 is 1.65 bits per heavy atom. The van der Waals surface area contributed by atoms with Gasteiger partial charge in [-0.1, -0.05) is 59.4 Å². The van der Waals surface area contributed by atoms with Crippen LogP contribution in [-0.2, 0) is 4.79 Å². The molecule has 4 aromatic rings. The first-order valence-corrected chi connectivity index (χ1v) is 11.9. The number of Topliss-reactive ketones (excluding diaryl/α,β-unsaturated/α-hetero) is 1. The highest BCUT2D eigenvalue weighted by Gasteiger charge is 2.18. The van der Waals surface area contributed by atoms with Gasteiger partial charge in [0.1, 0.15) is 5.75 Å². The minimum Gasteiger partial charge on any atom is -0.497 e. The molecule has 5 nitrogen and oxygen atoms in total. The third kappa shape index (κ3) is 5.41. The Balaban J connectivity index is 1.52. The fourth-order valence-corrected chi connectivity index (χ4v) is 4.69. The largest absolute Gasteiger partial charge is 0.497 e. The van der Waals surface area contributed by atoms with E-state index in [4.69, 9.17) is 9.72 Å². The summed E-state index contributed by atoms with van der Waals surface area (Å²) in [5, 5.41) is 3.40. The van der Waals surface area contributed by atoms with Crippen molar-refractivity contribution >= 4 is 28.2 Å². The Morgan fingerprint density at radius 1 is 0.912 bits per heavy atom. The molecule has 0 fully saturated rings. The number of hydrogen-bond acceptors (Lipinski definition) is 5. The number of benzene rings is 3. The number of aromatic nitrogens is 1. The van der Waals surface area contributed by atoms with E-state index in [0.717, 1.165) is 38.6 Å². The molecule has 4 rings (SSSR count). The number of anilines is 1. The second kappa shape index (κ2) is 10.4. The minimum absolute atomic E-state index is 0.0283. The quantitative estimate of drug-likeness (QED) is 0.291. The molecular formula is C28H26N2O3S. The SMILES string of the molecule is COc1ccc(-c2sc(NC(=O)CCC(=O)c3cc(C)ccc3C)nc2-c2ccccc2)cc1. The number of carbonyl (C=O) groups is 2. The average molecular weight is 471 g/mol. The number of nitrogens with one attached hydrogen (secondary N) is 1. The maximum absolute atomic E-state index is 12.7. The van der Waals surface area contributed by atoms with E-state index in [1.54, 1.807) is 7.11 Å². The van der Waals surface area contributed by atoms with Crippen LogP contribution in [0.3, 0.4) is 0 Å². The van der Waals surface area contributed by atoms with Crippen molar-refractivity contribution in [3.05, 3.63) is 89.5 Å².